The van der Waals surface area contributed by atoms with Crippen molar-refractivity contribution in [1.29, 1.82) is 0 Å². The molecule has 0 saturated carbocycles. The highest BCUT2D eigenvalue weighted by atomic mass is 35.5. The minimum absolute atomic E-state index is 0.302. The first-order valence-corrected chi connectivity index (χ1v) is 8.83. The number of carbonyl (C=O) groups excluding carboxylic acids is 1. The lowest BCUT2D eigenvalue weighted by Crippen LogP contribution is -2.16. The Hall–Kier alpha value is -1.89. The predicted octanol–water partition coefficient (Wildman–Crippen LogP) is 4.15. The summed E-state index contributed by atoms with van der Waals surface area (Å²) >= 11 is 13.9. The molecule has 0 spiro atoms. The SMILES string of the molecule is C=CCn1c(=NC(=O)c2ccn(CC)n2)sc2c(Cl)ccc(Cl)c21. The van der Waals surface area contributed by atoms with Crippen LogP contribution < -0.4 is 4.80 Å². The molecular weight excluding hydrogens is 367 g/mol. The molecule has 0 atom stereocenters. The van der Waals surface area contributed by atoms with Crippen molar-refractivity contribution in [1.82, 2.24) is 14.3 Å². The van der Waals surface area contributed by atoms with Gasteiger partial charge in [0.1, 0.15) is 0 Å². The lowest BCUT2D eigenvalue weighted by atomic mass is 10.3. The smallest absolute Gasteiger partial charge is 0.300 e. The van der Waals surface area contributed by atoms with E-state index in [1.165, 1.54) is 11.3 Å². The zero-order valence-corrected chi connectivity index (χ0v) is 15.2. The molecule has 24 heavy (non-hydrogen) atoms. The van der Waals surface area contributed by atoms with Gasteiger partial charge in [-0.05, 0) is 25.1 Å². The third-order valence-corrected chi connectivity index (χ3v) is 5.26. The van der Waals surface area contributed by atoms with Gasteiger partial charge in [0.15, 0.2) is 10.5 Å². The highest BCUT2D eigenvalue weighted by molar-refractivity contribution is 7.17. The monoisotopic (exact) mass is 380 g/mol. The number of hydrogen-bond acceptors (Lipinski definition) is 3. The molecule has 1 amide bonds. The van der Waals surface area contributed by atoms with Crippen LogP contribution in [0.1, 0.15) is 17.4 Å². The minimum Gasteiger partial charge on any atom is -0.311 e. The molecule has 0 saturated heterocycles. The summed E-state index contributed by atoms with van der Waals surface area (Å²) in [5, 5.41) is 5.31. The number of nitrogens with zero attached hydrogens (tertiary/aromatic N) is 4. The Morgan fingerprint density at radius 1 is 1.38 bits per heavy atom. The highest BCUT2D eigenvalue weighted by Gasteiger charge is 2.14. The summed E-state index contributed by atoms with van der Waals surface area (Å²) in [6.07, 6.45) is 3.47. The molecule has 0 radical (unpaired) electrons. The first-order chi connectivity index (χ1) is 11.5. The second-order valence-electron chi connectivity index (χ2n) is 4.96. The molecule has 8 heteroatoms. The van der Waals surface area contributed by atoms with E-state index < -0.39 is 5.91 Å². The number of allylic oxidation sites excluding steroid dienone is 1. The average molecular weight is 381 g/mol. The third kappa shape index (κ3) is 3.05. The van der Waals surface area contributed by atoms with Crippen LogP contribution in [0.2, 0.25) is 10.0 Å². The largest absolute Gasteiger partial charge is 0.311 e. The second-order valence-corrected chi connectivity index (χ2v) is 6.76. The van der Waals surface area contributed by atoms with Gasteiger partial charge in [0, 0.05) is 19.3 Å². The molecule has 0 bridgehead atoms. The van der Waals surface area contributed by atoms with Crippen LogP contribution >= 0.6 is 34.5 Å². The second kappa shape index (κ2) is 6.93. The zero-order valence-electron chi connectivity index (χ0n) is 12.9. The van der Waals surface area contributed by atoms with E-state index in [2.05, 4.69) is 16.7 Å². The quantitative estimate of drug-likeness (QED) is 0.638. The van der Waals surface area contributed by atoms with Gasteiger partial charge in [0.2, 0.25) is 0 Å². The number of fused-ring (bicyclic) bond motifs is 1. The normalized spacial score (nSPS) is 12.0. The zero-order chi connectivity index (χ0) is 17.3. The van der Waals surface area contributed by atoms with Crippen molar-refractivity contribution >= 4 is 50.7 Å². The average Bonchev–Trinajstić information content (AvgIpc) is 3.18. The molecule has 5 nitrogen and oxygen atoms in total. The van der Waals surface area contributed by atoms with E-state index in [1.54, 1.807) is 35.2 Å². The van der Waals surface area contributed by atoms with Crippen LogP contribution in [0.25, 0.3) is 10.2 Å². The summed E-state index contributed by atoms with van der Waals surface area (Å²) < 4.78 is 4.30. The van der Waals surface area contributed by atoms with Crippen LogP contribution in [0.15, 0.2) is 42.0 Å². The molecule has 0 aliphatic heterocycles. The molecular formula is C16H14Cl2N4OS. The van der Waals surface area contributed by atoms with Crippen LogP contribution in [-0.4, -0.2) is 20.3 Å². The Morgan fingerprint density at radius 2 is 2.12 bits per heavy atom. The number of hydrogen-bond donors (Lipinski definition) is 0. The van der Waals surface area contributed by atoms with E-state index in [4.69, 9.17) is 23.2 Å². The summed E-state index contributed by atoms with van der Waals surface area (Å²) in [6.45, 7) is 6.86. The van der Waals surface area contributed by atoms with Crippen molar-refractivity contribution < 1.29 is 4.79 Å². The molecule has 0 fully saturated rings. The van der Waals surface area contributed by atoms with Crippen molar-refractivity contribution in [2.24, 2.45) is 4.99 Å². The maximum absolute atomic E-state index is 12.4. The fourth-order valence-electron chi connectivity index (χ4n) is 2.29. The lowest BCUT2D eigenvalue weighted by molar-refractivity contribution is 0.0992. The Labute approximate surface area is 152 Å². The van der Waals surface area contributed by atoms with Crippen LogP contribution in [0, 0.1) is 0 Å². The number of carbonyl (C=O) groups is 1. The summed E-state index contributed by atoms with van der Waals surface area (Å²) in [5.41, 5.74) is 1.05. The third-order valence-electron chi connectivity index (χ3n) is 3.42. The van der Waals surface area contributed by atoms with Gasteiger partial charge in [-0.25, -0.2) is 0 Å². The topological polar surface area (TPSA) is 52.2 Å². The maximum Gasteiger partial charge on any atom is 0.300 e. The molecule has 3 aromatic rings. The van der Waals surface area contributed by atoms with Gasteiger partial charge in [-0.2, -0.15) is 10.1 Å². The first kappa shape index (κ1) is 17.0. The molecule has 0 aliphatic carbocycles. The standard InChI is InChI=1S/C16H14Cl2N4OS/c1-3-8-22-13-10(17)5-6-11(18)14(13)24-16(22)19-15(23)12-7-9-21(4-2)20-12/h3,5-7,9H,1,4,8H2,2H3. The van der Waals surface area contributed by atoms with E-state index >= 15 is 0 Å². The van der Waals surface area contributed by atoms with E-state index in [1.807, 2.05) is 11.5 Å². The number of thiazole rings is 1. The molecule has 2 aromatic heterocycles. The van der Waals surface area contributed by atoms with E-state index in [0.29, 0.717) is 33.6 Å². The van der Waals surface area contributed by atoms with Crippen molar-refractivity contribution in [3.63, 3.8) is 0 Å². The van der Waals surface area contributed by atoms with Crippen LogP contribution in [0.5, 0.6) is 0 Å². The summed E-state index contributed by atoms with van der Waals surface area (Å²) in [7, 11) is 0. The van der Waals surface area contributed by atoms with E-state index in [-0.39, 0.29) is 0 Å². The van der Waals surface area contributed by atoms with Gasteiger partial charge in [0.25, 0.3) is 5.91 Å². The van der Waals surface area contributed by atoms with Gasteiger partial charge in [-0.15, -0.1) is 6.58 Å². The number of aryl methyl sites for hydroxylation is 1. The van der Waals surface area contributed by atoms with Gasteiger partial charge < -0.3 is 4.57 Å². The van der Waals surface area contributed by atoms with Gasteiger partial charge in [-0.3, -0.25) is 9.48 Å². The van der Waals surface area contributed by atoms with Crippen LogP contribution in [0.4, 0.5) is 0 Å². The summed E-state index contributed by atoms with van der Waals surface area (Å²) in [6, 6.07) is 5.11. The molecule has 0 unspecified atom stereocenters. The van der Waals surface area contributed by atoms with E-state index in [0.717, 1.165) is 10.2 Å². The number of halogens is 2. The Kier molecular flexibility index (Phi) is 4.89. The Bertz CT molecular complexity index is 999. The number of amides is 1. The van der Waals surface area contributed by atoms with Crippen molar-refractivity contribution in [2.75, 3.05) is 0 Å². The summed E-state index contributed by atoms with van der Waals surface area (Å²) in [5.74, 6) is -0.404. The van der Waals surface area contributed by atoms with Gasteiger partial charge in [-0.1, -0.05) is 40.6 Å². The lowest BCUT2D eigenvalue weighted by Gasteiger charge is -2.03. The minimum atomic E-state index is -0.404. The Balaban J connectivity index is 2.19. The molecule has 0 N–H and O–H groups in total. The fourth-order valence-corrected chi connectivity index (χ4v) is 3.94. The van der Waals surface area contributed by atoms with Crippen LogP contribution in [0.3, 0.4) is 0 Å². The van der Waals surface area contributed by atoms with Gasteiger partial charge in [0.05, 0.1) is 20.3 Å². The fraction of sp³-hybridized carbons (Fsp3) is 0.188. The molecule has 3 rings (SSSR count). The molecule has 124 valence electrons. The van der Waals surface area contributed by atoms with Crippen molar-refractivity contribution in [2.45, 2.75) is 20.0 Å². The van der Waals surface area contributed by atoms with Crippen molar-refractivity contribution in [3.05, 3.63) is 57.6 Å². The highest BCUT2D eigenvalue weighted by Crippen LogP contribution is 2.31. The molecule has 1 aromatic carbocycles. The maximum atomic E-state index is 12.4. The van der Waals surface area contributed by atoms with Gasteiger partial charge >= 0.3 is 0 Å². The van der Waals surface area contributed by atoms with Crippen molar-refractivity contribution in [3.8, 4) is 0 Å². The van der Waals surface area contributed by atoms with Crippen LogP contribution in [-0.2, 0) is 13.1 Å². The molecule has 0 aliphatic rings. The molecule has 2 heterocycles. The Morgan fingerprint density at radius 3 is 2.79 bits per heavy atom. The first-order valence-electron chi connectivity index (χ1n) is 7.26. The number of benzene rings is 1. The predicted molar refractivity (Wildman–Crippen MR) is 97.8 cm³/mol. The number of aromatic nitrogens is 3. The summed E-state index contributed by atoms with van der Waals surface area (Å²) in [4.78, 5) is 17.1. The number of rotatable bonds is 4. The van der Waals surface area contributed by atoms with E-state index in [9.17, 15) is 4.79 Å².